The second-order valence-electron chi connectivity index (χ2n) is 8.70. The highest BCUT2D eigenvalue weighted by Crippen LogP contribution is 2.32. The van der Waals surface area contributed by atoms with Crippen molar-refractivity contribution in [2.75, 3.05) is 26.3 Å². The first kappa shape index (κ1) is 20.9. The van der Waals surface area contributed by atoms with Crippen LogP contribution in [0.2, 0.25) is 10.0 Å². The highest BCUT2D eigenvalue weighted by atomic mass is 35.5. The van der Waals surface area contributed by atoms with E-state index in [2.05, 4.69) is 21.8 Å². The summed E-state index contributed by atoms with van der Waals surface area (Å²) >= 11 is 12.3. The van der Waals surface area contributed by atoms with Crippen molar-refractivity contribution >= 4 is 28.7 Å². The van der Waals surface area contributed by atoms with Gasteiger partial charge in [0.15, 0.2) is 5.52 Å². The molecule has 5 rings (SSSR count). The molecular weight excluding hydrogens is 437 g/mol. The number of aromatic nitrogens is 4. The first-order chi connectivity index (χ1) is 15.0. The minimum Gasteiger partial charge on any atom is -0.381 e. The number of H-pyrrole nitrogens is 1. The van der Waals surface area contributed by atoms with Gasteiger partial charge in [-0.1, -0.05) is 30.1 Å². The number of likely N-dealkylation sites (tertiary alicyclic amines) is 1. The molecular formula is C22H25Cl2N5O2. The van der Waals surface area contributed by atoms with E-state index < -0.39 is 0 Å². The van der Waals surface area contributed by atoms with Crippen LogP contribution in [0.1, 0.15) is 48.8 Å². The van der Waals surface area contributed by atoms with Crippen molar-refractivity contribution in [3.05, 3.63) is 62.0 Å². The number of halogens is 2. The van der Waals surface area contributed by atoms with Gasteiger partial charge in [-0.3, -0.25) is 9.69 Å². The van der Waals surface area contributed by atoms with Crippen LogP contribution < -0.4 is 5.56 Å². The number of ether oxygens (including phenoxy) is 1. The summed E-state index contributed by atoms with van der Waals surface area (Å²) in [6, 6.07) is 5.64. The van der Waals surface area contributed by atoms with E-state index in [1.54, 1.807) is 16.8 Å². The number of nitrogens with zero attached hydrogens (tertiary/aromatic N) is 4. The fraction of sp³-hybridized carbons (Fsp3) is 0.500. The third-order valence-corrected chi connectivity index (χ3v) is 6.84. The maximum Gasteiger partial charge on any atom is 0.276 e. The SMILES string of the molecule is CC1CN(Cc2cc(Cl)cc(Cl)c2)CC1c1nn2c(C3CCOCC3)ncc2c(=O)[nH]1. The average Bonchev–Trinajstić information content (AvgIpc) is 3.31. The second-order valence-corrected chi connectivity index (χ2v) is 9.57. The maximum absolute atomic E-state index is 12.8. The number of aromatic amines is 1. The number of rotatable bonds is 4. The Morgan fingerprint density at radius 1 is 1.16 bits per heavy atom. The van der Waals surface area contributed by atoms with Gasteiger partial charge < -0.3 is 9.72 Å². The van der Waals surface area contributed by atoms with E-state index in [4.69, 9.17) is 33.0 Å². The van der Waals surface area contributed by atoms with Crippen LogP contribution in [0.5, 0.6) is 0 Å². The van der Waals surface area contributed by atoms with E-state index in [0.717, 1.165) is 62.9 Å². The normalized spacial score (nSPS) is 23.1. The molecule has 1 N–H and O–H groups in total. The van der Waals surface area contributed by atoms with E-state index in [9.17, 15) is 4.79 Å². The van der Waals surface area contributed by atoms with Crippen molar-refractivity contribution in [3.8, 4) is 0 Å². The van der Waals surface area contributed by atoms with Gasteiger partial charge in [-0.2, -0.15) is 5.10 Å². The molecule has 7 nitrogen and oxygen atoms in total. The van der Waals surface area contributed by atoms with Gasteiger partial charge in [0, 0.05) is 54.7 Å². The molecule has 2 saturated heterocycles. The van der Waals surface area contributed by atoms with Gasteiger partial charge in [0.1, 0.15) is 11.6 Å². The molecule has 9 heteroatoms. The van der Waals surface area contributed by atoms with Crippen LogP contribution in [0.15, 0.2) is 29.2 Å². The Labute approximate surface area is 190 Å². The van der Waals surface area contributed by atoms with Gasteiger partial charge in [0.2, 0.25) is 0 Å². The molecule has 3 aromatic rings. The van der Waals surface area contributed by atoms with Gasteiger partial charge in [-0.25, -0.2) is 9.50 Å². The first-order valence-corrected chi connectivity index (χ1v) is 11.5. The van der Waals surface area contributed by atoms with Crippen LogP contribution in [0.25, 0.3) is 5.52 Å². The van der Waals surface area contributed by atoms with Crippen LogP contribution in [-0.4, -0.2) is 50.8 Å². The van der Waals surface area contributed by atoms with Crippen LogP contribution in [0.4, 0.5) is 0 Å². The highest BCUT2D eigenvalue weighted by Gasteiger charge is 2.33. The molecule has 0 saturated carbocycles. The van der Waals surface area contributed by atoms with Gasteiger partial charge in [-0.05, 0) is 42.5 Å². The molecule has 0 aliphatic carbocycles. The van der Waals surface area contributed by atoms with Crippen molar-refractivity contribution in [2.24, 2.45) is 5.92 Å². The molecule has 0 bridgehead atoms. The summed E-state index contributed by atoms with van der Waals surface area (Å²) in [4.78, 5) is 22.7. The zero-order valence-corrected chi connectivity index (χ0v) is 18.9. The van der Waals surface area contributed by atoms with E-state index in [-0.39, 0.29) is 17.4 Å². The Bertz CT molecular complexity index is 1130. The van der Waals surface area contributed by atoms with Gasteiger partial charge >= 0.3 is 0 Å². The van der Waals surface area contributed by atoms with Crippen molar-refractivity contribution in [3.63, 3.8) is 0 Å². The number of imidazole rings is 1. The lowest BCUT2D eigenvalue weighted by Gasteiger charge is -2.21. The van der Waals surface area contributed by atoms with Gasteiger partial charge in [-0.15, -0.1) is 0 Å². The zero-order chi connectivity index (χ0) is 21.5. The van der Waals surface area contributed by atoms with Crippen molar-refractivity contribution in [1.29, 1.82) is 0 Å². The van der Waals surface area contributed by atoms with E-state index in [1.165, 1.54) is 0 Å². The summed E-state index contributed by atoms with van der Waals surface area (Å²) in [5, 5.41) is 6.15. The van der Waals surface area contributed by atoms with Crippen LogP contribution in [0.3, 0.4) is 0 Å². The van der Waals surface area contributed by atoms with Crippen LogP contribution >= 0.6 is 23.2 Å². The molecule has 4 heterocycles. The van der Waals surface area contributed by atoms with Crippen molar-refractivity contribution < 1.29 is 4.74 Å². The largest absolute Gasteiger partial charge is 0.381 e. The summed E-state index contributed by atoms with van der Waals surface area (Å²) in [6.45, 7) is 6.11. The Morgan fingerprint density at radius 3 is 2.65 bits per heavy atom. The molecule has 0 radical (unpaired) electrons. The molecule has 0 spiro atoms. The third kappa shape index (κ3) is 4.24. The van der Waals surface area contributed by atoms with Crippen LogP contribution in [0, 0.1) is 5.92 Å². The molecule has 31 heavy (non-hydrogen) atoms. The van der Waals surface area contributed by atoms with E-state index in [0.29, 0.717) is 21.5 Å². The molecule has 0 amide bonds. The summed E-state index contributed by atoms with van der Waals surface area (Å²) in [5.41, 5.74) is 1.45. The van der Waals surface area contributed by atoms with Crippen LogP contribution in [-0.2, 0) is 11.3 Å². The smallest absolute Gasteiger partial charge is 0.276 e. The third-order valence-electron chi connectivity index (χ3n) is 6.40. The molecule has 2 aromatic heterocycles. The predicted molar refractivity (Wildman–Crippen MR) is 120 cm³/mol. The fourth-order valence-corrected chi connectivity index (χ4v) is 5.42. The summed E-state index contributed by atoms with van der Waals surface area (Å²) in [6.07, 6.45) is 3.44. The molecule has 2 fully saturated rings. The van der Waals surface area contributed by atoms with Crippen molar-refractivity contribution in [2.45, 2.75) is 38.1 Å². The molecule has 2 atom stereocenters. The Morgan fingerprint density at radius 2 is 1.90 bits per heavy atom. The monoisotopic (exact) mass is 461 g/mol. The summed E-state index contributed by atoms with van der Waals surface area (Å²) in [7, 11) is 0. The summed E-state index contributed by atoms with van der Waals surface area (Å²) < 4.78 is 7.24. The summed E-state index contributed by atoms with van der Waals surface area (Å²) in [5.74, 6) is 2.34. The van der Waals surface area contributed by atoms with E-state index >= 15 is 0 Å². The number of benzene rings is 1. The number of hydrogen-bond acceptors (Lipinski definition) is 5. The topological polar surface area (TPSA) is 75.5 Å². The number of nitrogens with one attached hydrogen (secondary N) is 1. The standard InChI is InChI=1S/C22H25Cl2N5O2/c1-13-10-28(11-14-6-16(23)8-17(24)7-14)12-18(13)20-26-22(30)19-9-25-21(29(19)27-20)15-2-4-31-5-3-15/h6-9,13,15,18H,2-5,10-12H2,1H3,(H,26,27,30). The van der Waals surface area contributed by atoms with Gasteiger partial charge in [0.05, 0.1) is 6.20 Å². The second kappa shape index (κ2) is 8.54. The predicted octanol–water partition coefficient (Wildman–Crippen LogP) is 3.85. The minimum absolute atomic E-state index is 0.136. The fourth-order valence-electron chi connectivity index (χ4n) is 4.85. The number of fused-ring (bicyclic) bond motifs is 1. The Kier molecular flexibility index (Phi) is 5.77. The molecule has 2 aliphatic heterocycles. The lowest BCUT2D eigenvalue weighted by atomic mass is 9.97. The Balaban J connectivity index is 1.41. The van der Waals surface area contributed by atoms with Crippen molar-refractivity contribution in [1.82, 2.24) is 24.5 Å². The molecule has 2 unspecified atom stereocenters. The first-order valence-electron chi connectivity index (χ1n) is 10.7. The molecule has 1 aromatic carbocycles. The zero-order valence-electron chi connectivity index (χ0n) is 17.4. The molecule has 164 valence electrons. The minimum atomic E-state index is -0.136. The highest BCUT2D eigenvalue weighted by molar-refractivity contribution is 6.34. The van der Waals surface area contributed by atoms with Gasteiger partial charge in [0.25, 0.3) is 5.56 Å². The Hall–Kier alpha value is -1.93. The average molecular weight is 462 g/mol. The lowest BCUT2D eigenvalue weighted by molar-refractivity contribution is 0.0832. The maximum atomic E-state index is 12.8. The lowest BCUT2D eigenvalue weighted by Crippen LogP contribution is -2.24. The quantitative estimate of drug-likeness (QED) is 0.638. The number of hydrogen-bond donors (Lipinski definition) is 1. The molecule has 2 aliphatic rings. The van der Waals surface area contributed by atoms with E-state index in [1.807, 2.05) is 12.1 Å².